The highest BCUT2D eigenvalue weighted by Crippen LogP contribution is 2.29. The van der Waals surface area contributed by atoms with Gasteiger partial charge in [-0.25, -0.2) is 0 Å². The number of carbonyl (C=O) groups excluding carboxylic acids is 4. The van der Waals surface area contributed by atoms with Gasteiger partial charge in [-0.1, -0.05) is 15.9 Å². The van der Waals surface area contributed by atoms with Crippen molar-refractivity contribution in [1.82, 2.24) is 0 Å². The maximum Gasteiger partial charge on any atom is 0.303 e. The van der Waals surface area contributed by atoms with Crippen LogP contribution >= 0.6 is 15.9 Å². The maximum atomic E-state index is 11.7. The molecule has 0 aromatic heterocycles. The Kier molecular flexibility index (Phi) is 11.8. The topological polar surface area (TPSA) is 133 Å². The van der Waals surface area contributed by atoms with Crippen molar-refractivity contribution in [3.05, 3.63) is 0 Å². The summed E-state index contributed by atoms with van der Waals surface area (Å²) in [6.45, 7) is 5.10. The fourth-order valence-corrected chi connectivity index (χ4v) is 2.93. The summed E-state index contributed by atoms with van der Waals surface area (Å²) >= 11 is 3.23. The monoisotopic (exact) mass is 498 g/mol. The van der Waals surface area contributed by atoms with Gasteiger partial charge < -0.3 is 33.2 Å². The van der Waals surface area contributed by atoms with Gasteiger partial charge in [-0.3, -0.25) is 19.2 Å². The van der Waals surface area contributed by atoms with Crippen molar-refractivity contribution < 1.29 is 52.3 Å². The third kappa shape index (κ3) is 9.37. The fraction of sp³-hybridized carbons (Fsp3) is 0.778. The molecule has 0 aliphatic carbocycles. The second-order valence-corrected chi connectivity index (χ2v) is 7.03. The van der Waals surface area contributed by atoms with Gasteiger partial charge in [0.25, 0.3) is 0 Å². The van der Waals surface area contributed by atoms with Gasteiger partial charge >= 0.3 is 23.9 Å². The molecule has 11 nitrogen and oxygen atoms in total. The number of hydrogen-bond donors (Lipinski definition) is 0. The second kappa shape index (κ2) is 13.5. The van der Waals surface area contributed by atoms with Crippen molar-refractivity contribution in [2.45, 2.75) is 58.4 Å². The quantitative estimate of drug-likeness (QED) is 0.170. The first-order valence-electron chi connectivity index (χ1n) is 9.21. The lowest BCUT2D eigenvalue weighted by atomic mass is 9.98. The average Bonchev–Trinajstić information content (AvgIpc) is 2.63. The predicted molar refractivity (Wildman–Crippen MR) is 103 cm³/mol. The third-order valence-electron chi connectivity index (χ3n) is 3.68. The van der Waals surface area contributed by atoms with Crippen molar-refractivity contribution in [3.8, 4) is 0 Å². The first kappa shape index (κ1) is 26.3. The van der Waals surface area contributed by atoms with E-state index in [4.69, 9.17) is 33.2 Å². The highest BCUT2D eigenvalue weighted by molar-refractivity contribution is 9.09. The Morgan fingerprint density at radius 2 is 1.33 bits per heavy atom. The molecule has 1 heterocycles. The van der Waals surface area contributed by atoms with E-state index in [0.717, 1.165) is 20.8 Å². The van der Waals surface area contributed by atoms with Crippen molar-refractivity contribution >= 4 is 39.8 Å². The van der Waals surface area contributed by atoms with E-state index in [1.807, 2.05) is 0 Å². The van der Waals surface area contributed by atoms with Gasteiger partial charge in [0.1, 0.15) is 12.7 Å². The second-order valence-electron chi connectivity index (χ2n) is 6.24. The zero-order chi connectivity index (χ0) is 22.7. The Balaban J connectivity index is 3.13. The first-order chi connectivity index (χ1) is 14.1. The number of alkyl halides is 1. The molecule has 1 rings (SSSR count). The normalized spacial score (nSPS) is 25.8. The zero-order valence-electron chi connectivity index (χ0n) is 17.3. The lowest BCUT2D eigenvalue weighted by Gasteiger charge is -2.44. The lowest BCUT2D eigenvalue weighted by Crippen LogP contribution is -2.63. The molecule has 0 aromatic rings. The van der Waals surface area contributed by atoms with Crippen LogP contribution in [-0.4, -0.2) is 86.3 Å². The Morgan fingerprint density at radius 1 is 0.767 bits per heavy atom. The SMILES string of the molecule is CC(=O)OC[C@H]1O[C@H](OCCOCCBr)[C@H](OC(C)=O)[C@@H](OC(C)=O)[C@H]1OC(C)=O. The molecular weight excluding hydrogens is 472 g/mol. The number of carbonyl (C=O) groups is 4. The van der Waals surface area contributed by atoms with E-state index in [-0.39, 0.29) is 19.8 Å². The summed E-state index contributed by atoms with van der Waals surface area (Å²) in [5.74, 6) is -2.68. The predicted octanol–water partition coefficient (Wildman–Crippen LogP) is 0.498. The van der Waals surface area contributed by atoms with Crippen LogP contribution in [-0.2, 0) is 52.3 Å². The molecule has 0 radical (unpaired) electrons. The van der Waals surface area contributed by atoms with Crippen LogP contribution in [0.2, 0.25) is 0 Å². The van der Waals surface area contributed by atoms with E-state index in [2.05, 4.69) is 15.9 Å². The minimum absolute atomic E-state index is 0.0702. The molecule has 5 atom stereocenters. The Labute approximate surface area is 182 Å². The summed E-state index contributed by atoms with van der Waals surface area (Å²) in [5.41, 5.74) is 0. The minimum Gasteiger partial charge on any atom is -0.463 e. The van der Waals surface area contributed by atoms with E-state index in [1.54, 1.807) is 0 Å². The molecule has 30 heavy (non-hydrogen) atoms. The van der Waals surface area contributed by atoms with Gasteiger partial charge in [0, 0.05) is 33.0 Å². The number of rotatable bonds is 11. The van der Waals surface area contributed by atoms with Crippen molar-refractivity contribution in [2.24, 2.45) is 0 Å². The van der Waals surface area contributed by atoms with E-state index < -0.39 is 54.6 Å². The van der Waals surface area contributed by atoms with Crippen molar-refractivity contribution in [2.75, 3.05) is 31.8 Å². The minimum atomic E-state index is -1.25. The summed E-state index contributed by atoms with van der Waals surface area (Å²) < 4.78 is 37.5. The molecule has 0 unspecified atom stereocenters. The van der Waals surface area contributed by atoms with E-state index >= 15 is 0 Å². The van der Waals surface area contributed by atoms with Gasteiger partial charge in [-0.15, -0.1) is 0 Å². The zero-order valence-corrected chi connectivity index (χ0v) is 18.9. The van der Waals surface area contributed by atoms with Crippen LogP contribution in [0, 0.1) is 0 Å². The van der Waals surface area contributed by atoms with Gasteiger partial charge in [-0.2, -0.15) is 0 Å². The molecular formula is C18H27BrO11. The maximum absolute atomic E-state index is 11.7. The van der Waals surface area contributed by atoms with Crippen LogP contribution in [0.4, 0.5) is 0 Å². The number of halogens is 1. The number of ether oxygens (including phenoxy) is 7. The Morgan fingerprint density at radius 3 is 1.87 bits per heavy atom. The molecule has 1 fully saturated rings. The first-order valence-corrected chi connectivity index (χ1v) is 10.3. The molecule has 1 aliphatic heterocycles. The van der Waals surface area contributed by atoms with Crippen LogP contribution < -0.4 is 0 Å². The highest BCUT2D eigenvalue weighted by Gasteiger charge is 2.52. The summed E-state index contributed by atoms with van der Waals surface area (Å²) in [6, 6.07) is 0. The molecule has 12 heteroatoms. The van der Waals surface area contributed by atoms with Crippen LogP contribution in [0.1, 0.15) is 27.7 Å². The summed E-state index contributed by atoms with van der Waals surface area (Å²) in [7, 11) is 0. The smallest absolute Gasteiger partial charge is 0.303 e. The third-order valence-corrected chi connectivity index (χ3v) is 4.00. The van der Waals surface area contributed by atoms with Crippen molar-refractivity contribution in [1.29, 1.82) is 0 Å². The summed E-state index contributed by atoms with van der Waals surface area (Å²) in [5, 5.41) is 0.645. The highest BCUT2D eigenvalue weighted by atomic mass is 79.9. The van der Waals surface area contributed by atoms with Crippen LogP contribution in [0.15, 0.2) is 0 Å². The Hall–Kier alpha value is -1.76. The van der Waals surface area contributed by atoms with Gasteiger partial charge in [0.2, 0.25) is 0 Å². The molecule has 0 aromatic carbocycles. The fourth-order valence-electron chi connectivity index (χ4n) is 2.70. The molecule has 0 bridgehead atoms. The molecule has 0 amide bonds. The molecule has 172 valence electrons. The summed E-state index contributed by atoms with van der Waals surface area (Å²) in [4.78, 5) is 46.2. The molecule has 0 spiro atoms. The van der Waals surface area contributed by atoms with E-state index in [0.29, 0.717) is 11.9 Å². The van der Waals surface area contributed by atoms with Gasteiger partial charge in [0.05, 0.1) is 19.8 Å². The number of esters is 4. The van der Waals surface area contributed by atoms with Crippen LogP contribution in [0.3, 0.4) is 0 Å². The van der Waals surface area contributed by atoms with E-state index in [1.165, 1.54) is 6.92 Å². The van der Waals surface area contributed by atoms with Gasteiger partial charge in [0.15, 0.2) is 24.6 Å². The lowest BCUT2D eigenvalue weighted by molar-refractivity contribution is -0.309. The largest absolute Gasteiger partial charge is 0.463 e. The van der Waals surface area contributed by atoms with Crippen LogP contribution in [0.5, 0.6) is 0 Å². The number of hydrogen-bond acceptors (Lipinski definition) is 11. The van der Waals surface area contributed by atoms with Gasteiger partial charge in [-0.05, 0) is 0 Å². The molecule has 0 saturated carbocycles. The average molecular weight is 499 g/mol. The summed E-state index contributed by atoms with van der Waals surface area (Å²) in [6.07, 6.45) is -5.93. The Bertz CT molecular complexity index is 597. The standard InChI is InChI=1S/C18H27BrO11/c1-10(20)26-9-14-15(27-11(2)21)16(28-12(3)22)17(29-13(4)23)18(30-14)25-8-7-24-6-5-19/h14-18H,5-9H2,1-4H3/t14-,15+,16+,17-,18+/m1/s1. The molecule has 0 N–H and O–H groups in total. The van der Waals surface area contributed by atoms with Crippen molar-refractivity contribution in [3.63, 3.8) is 0 Å². The molecule has 1 aliphatic rings. The van der Waals surface area contributed by atoms with E-state index in [9.17, 15) is 19.2 Å². The van der Waals surface area contributed by atoms with Crippen LogP contribution in [0.25, 0.3) is 0 Å². The molecule has 1 saturated heterocycles.